The first-order valence-corrected chi connectivity index (χ1v) is 10.5. The van der Waals surface area contributed by atoms with Crippen molar-refractivity contribution >= 4 is 0 Å². The van der Waals surface area contributed by atoms with Crippen molar-refractivity contribution in [2.75, 3.05) is 6.61 Å². The molecule has 0 N–H and O–H groups in total. The minimum Gasteiger partial charge on any atom is -0.492 e. The van der Waals surface area contributed by atoms with Gasteiger partial charge >= 0.3 is 0 Å². The fourth-order valence-electron chi connectivity index (χ4n) is 3.75. The first-order valence-electron chi connectivity index (χ1n) is 10.5. The van der Waals surface area contributed by atoms with E-state index in [0.29, 0.717) is 0 Å². The van der Waals surface area contributed by atoms with E-state index in [9.17, 15) is 0 Å². The zero-order valence-electron chi connectivity index (χ0n) is 16.7. The van der Waals surface area contributed by atoms with Gasteiger partial charge < -0.3 is 4.74 Å². The molecule has 1 aliphatic rings. The van der Waals surface area contributed by atoms with E-state index in [1.165, 1.54) is 37.7 Å². The van der Waals surface area contributed by atoms with Crippen LogP contribution in [0.15, 0.2) is 42.6 Å². The SMILES string of the molecule is CCCCOc1ccc(C#Cc2ccc(C3CCC(CC)CC3)cc2)nc1. The van der Waals surface area contributed by atoms with Gasteiger partial charge in [-0.25, -0.2) is 4.98 Å². The highest BCUT2D eigenvalue weighted by Gasteiger charge is 2.20. The number of aromatic nitrogens is 1. The molecule has 1 aromatic carbocycles. The van der Waals surface area contributed by atoms with Crippen LogP contribution in [0, 0.1) is 17.8 Å². The summed E-state index contributed by atoms with van der Waals surface area (Å²) in [6.07, 6.45) is 10.7. The molecule has 27 heavy (non-hydrogen) atoms. The molecule has 1 heterocycles. The van der Waals surface area contributed by atoms with Gasteiger partial charge in [0.15, 0.2) is 0 Å². The molecule has 1 aliphatic carbocycles. The molecule has 1 saturated carbocycles. The third-order valence-corrected chi connectivity index (χ3v) is 5.64. The van der Waals surface area contributed by atoms with Crippen LogP contribution in [0.1, 0.15) is 81.5 Å². The van der Waals surface area contributed by atoms with Gasteiger partial charge in [0.05, 0.1) is 12.8 Å². The standard InChI is InChI=1S/C25H31NO/c1-3-5-18-27-25-17-16-24(26-19-25)15-10-21-8-13-23(14-9-21)22-11-6-20(4-2)7-12-22/h8-9,13-14,16-17,19-20,22H,3-7,11-12,18H2,1-2H3. The second-order valence-electron chi connectivity index (χ2n) is 7.58. The van der Waals surface area contributed by atoms with E-state index in [1.54, 1.807) is 6.20 Å². The van der Waals surface area contributed by atoms with Crippen LogP contribution >= 0.6 is 0 Å². The lowest BCUT2D eigenvalue weighted by molar-refractivity contribution is 0.308. The van der Waals surface area contributed by atoms with Crippen LogP contribution < -0.4 is 4.74 Å². The fourth-order valence-corrected chi connectivity index (χ4v) is 3.75. The van der Waals surface area contributed by atoms with Crippen LogP contribution in [0.4, 0.5) is 0 Å². The molecular weight excluding hydrogens is 330 g/mol. The molecule has 2 nitrogen and oxygen atoms in total. The minimum atomic E-state index is 0.733. The lowest BCUT2D eigenvalue weighted by atomic mass is 9.78. The smallest absolute Gasteiger partial charge is 0.137 e. The van der Waals surface area contributed by atoms with Crippen molar-refractivity contribution in [3.05, 3.63) is 59.4 Å². The molecule has 0 aliphatic heterocycles. The molecule has 1 aromatic heterocycles. The van der Waals surface area contributed by atoms with Crippen LogP contribution in [0.25, 0.3) is 0 Å². The third kappa shape index (κ3) is 5.86. The monoisotopic (exact) mass is 361 g/mol. The number of nitrogens with zero attached hydrogens (tertiary/aromatic N) is 1. The van der Waals surface area contributed by atoms with Crippen molar-refractivity contribution in [2.45, 2.75) is 64.7 Å². The van der Waals surface area contributed by atoms with E-state index >= 15 is 0 Å². The summed E-state index contributed by atoms with van der Waals surface area (Å²) in [5.41, 5.74) is 3.30. The van der Waals surface area contributed by atoms with Gasteiger partial charge in [0.25, 0.3) is 0 Å². The number of pyridine rings is 1. The largest absolute Gasteiger partial charge is 0.492 e. The summed E-state index contributed by atoms with van der Waals surface area (Å²) in [6, 6.07) is 12.7. The summed E-state index contributed by atoms with van der Waals surface area (Å²) in [6.45, 7) is 5.22. The van der Waals surface area contributed by atoms with Crippen molar-refractivity contribution in [1.29, 1.82) is 0 Å². The molecule has 142 valence electrons. The summed E-state index contributed by atoms with van der Waals surface area (Å²) in [5.74, 6) is 8.87. The van der Waals surface area contributed by atoms with Crippen molar-refractivity contribution < 1.29 is 4.74 Å². The zero-order valence-corrected chi connectivity index (χ0v) is 16.7. The molecule has 0 unspecified atom stereocenters. The number of hydrogen-bond acceptors (Lipinski definition) is 2. The van der Waals surface area contributed by atoms with E-state index in [-0.39, 0.29) is 0 Å². The minimum absolute atomic E-state index is 0.733. The Morgan fingerprint density at radius 3 is 2.37 bits per heavy atom. The molecule has 0 bridgehead atoms. The molecule has 0 saturated heterocycles. The number of ether oxygens (including phenoxy) is 1. The van der Waals surface area contributed by atoms with Gasteiger partial charge in [-0.2, -0.15) is 0 Å². The molecule has 0 amide bonds. The Balaban J connectivity index is 1.56. The second-order valence-corrected chi connectivity index (χ2v) is 7.58. The quantitative estimate of drug-likeness (QED) is 0.442. The van der Waals surface area contributed by atoms with Gasteiger partial charge in [0, 0.05) is 5.56 Å². The predicted octanol–water partition coefficient (Wildman–Crippen LogP) is 6.34. The predicted molar refractivity (Wildman–Crippen MR) is 112 cm³/mol. The first kappa shape index (κ1) is 19.5. The van der Waals surface area contributed by atoms with Gasteiger partial charge in [0.2, 0.25) is 0 Å². The highest BCUT2D eigenvalue weighted by Crippen LogP contribution is 2.36. The number of rotatable bonds is 6. The van der Waals surface area contributed by atoms with E-state index in [4.69, 9.17) is 4.74 Å². The van der Waals surface area contributed by atoms with Crippen molar-refractivity contribution in [3.8, 4) is 17.6 Å². The van der Waals surface area contributed by atoms with E-state index < -0.39 is 0 Å². The average Bonchev–Trinajstić information content (AvgIpc) is 2.74. The van der Waals surface area contributed by atoms with Gasteiger partial charge in [-0.3, -0.25) is 0 Å². The van der Waals surface area contributed by atoms with Crippen LogP contribution in [-0.4, -0.2) is 11.6 Å². The summed E-state index contributed by atoms with van der Waals surface area (Å²) >= 11 is 0. The molecule has 2 heteroatoms. The molecule has 0 spiro atoms. The topological polar surface area (TPSA) is 22.1 Å². The average molecular weight is 362 g/mol. The number of benzene rings is 1. The van der Waals surface area contributed by atoms with Gasteiger partial charge in [0.1, 0.15) is 11.4 Å². The molecular formula is C25H31NO. The van der Waals surface area contributed by atoms with E-state index in [0.717, 1.165) is 48.3 Å². The Bertz CT molecular complexity index is 744. The highest BCUT2D eigenvalue weighted by molar-refractivity contribution is 5.42. The Kier molecular flexibility index (Phi) is 7.34. The summed E-state index contributed by atoms with van der Waals surface area (Å²) < 4.78 is 5.64. The van der Waals surface area contributed by atoms with Crippen LogP contribution in [0.3, 0.4) is 0 Å². The molecule has 0 radical (unpaired) electrons. The van der Waals surface area contributed by atoms with Crippen LogP contribution in [0.2, 0.25) is 0 Å². The maximum absolute atomic E-state index is 5.64. The summed E-state index contributed by atoms with van der Waals surface area (Å²) in [5, 5.41) is 0. The zero-order chi connectivity index (χ0) is 18.9. The lowest BCUT2D eigenvalue weighted by Crippen LogP contribution is -2.12. The Morgan fingerprint density at radius 1 is 0.963 bits per heavy atom. The maximum Gasteiger partial charge on any atom is 0.137 e. The second kappa shape index (κ2) is 10.2. The van der Waals surface area contributed by atoms with Crippen LogP contribution in [-0.2, 0) is 0 Å². The normalized spacial score (nSPS) is 19.2. The molecule has 2 aromatic rings. The fraction of sp³-hybridized carbons (Fsp3) is 0.480. The third-order valence-electron chi connectivity index (χ3n) is 5.64. The summed E-state index contributed by atoms with van der Waals surface area (Å²) in [7, 11) is 0. The lowest BCUT2D eigenvalue weighted by Gasteiger charge is -2.28. The Hall–Kier alpha value is -2.27. The Labute approximate surface area is 164 Å². The highest BCUT2D eigenvalue weighted by atomic mass is 16.5. The first-order chi connectivity index (χ1) is 13.3. The molecule has 1 fully saturated rings. The maximum atomic E-state index is 5.64. The van der Waals surface area contributed by atoms with E-state index in [2.05, 4.69) is 54.9 Å². The molecule has 0 atom stereocenters. The summed E-state index contributed by atoms with van der Waals surface area (Å²) in [4.78, 5) is 4.38. The number of unbranched alkanes of at least 4 members (excludes halogenated alkanes) is 1. The van der Waals surface area contributed by atoms with Crippen LogP contribution in [0.5, 0.6) is 5.75 Å². The van der Waals surface area contributed by atoms with Crippen molar-refractivity contribution in [3.63, 3.8) is 0 Å². The number of hydrogen-bond donors (Lipinski definition) is 0. The van der Waals surface area contributed by atoms with Crippen molar-refractivity contribution in [2.24, 2.45) is 5.92 Å². The van der Waals surface area contributed by atoms with Gasteiger partial charge in [-0.15, -0.1) is 0 Å². The van der Waals surface area contributed by atoms with E-state index in [1.807, 2.05) is 12.1 Å². The molecule has 3 rings (SSSR count). The Morgan fingerprint density at radius 2 is 1.74 bits per heavy atom. The van der Waals surface area contributed by atoms with Gasteiger partial charge in [-0.05, 0) is 79.7 Å². The van der Waals surface area contributed by atoms with Gasteiger partial charge in [-0.1, -0.05) is 44.7 Å². The van der Waals surface area contributed by atoms with Crippen molar-refractivity contribution in [1.82, 2.24) is 4.98 Å².